The minimum atomic E-state index is -0.113. The van der Waals surface area contributed by atoms with Gasteiger partial charge < -0.3 is 0 Å². The van der Waals surface area contributed by atoms with Gasteiger partial charge in [-0.25, -0.2) is 0 Å². The van der Waals surface area contributed by atoms with Crippen LogP contribution in [0.2, 0.25) is 0 Å². The van der Waals surface area contributed by atoms with Crippen molar-refractivity contribution in [3.8, 4) is 0 Å². The first kappa shape index (κ1) is 12.4. The summed E-state index contributed by atoms with van der Waals surface area (Å²) in [5, 5.41) is 0. The van der Waals surface area contributed by atoms with Crippen LogP contribution in [0.1, 0.15) is 12.0 Å². The number of hydrogen-bond acceptors (Lipinski definition) is 2. The maximum atomic E-state index is 11.5. The summed E-state index contributed by atoms with van der Waals surface area (Å²) >= 11 is 4.94. The highest BCUT2D eigenvalue weighted by Crippen LogP contribution is 1.98. The lowest BCUT2D eigenvalue weighted by molar-refractivity contribution is -0.121. The quantitative estimate of drug-likeness (QED) is 0.474. The summed E-state index contributed by atoms with van der Waals surface area (Å²) in [5.74, 6) is -0.113. The molecule has 0 bridgehead atoms. The first-order valence-electron chi connectivity index (χ1n) is 4.95. The van der Waals surface area contributed by atoms with E-state index >= 15 is 0 Å². The van der Waals surface area contributed by atoms with Crippen molar-refractivity contribution in [2.45, 2.75) is 12.8 Å². The Kier molecular flexibility index (Phi) is 5.22. The number of hydrazine groups is 1. The highest BCUT2D eigenvalue weighted by Gasteiger charge is 2.02. The summed E-state index contributed by atoms with van der Waals surface area (Å²) in [6, 6.07) is 9.53. The molecule has 0 unspecified atom stereocenters. The summed E-state index contributed by atoms with van der Waals surface area (Å²) in [7, 11) is 0. The molecule has 1 rings (SSSR count). The Morgan fingerprint density at radius 2 is 2.00 bits per heavy atom. The Balaban J connectivity index is 2.31. The van der Waals surface area contributed by atoms with Gasteiger partial charge in [-0.1, -0.05) is 48.6 Å². The number of amides is 1. The number of benzene rings is 1. The molecule has 0 saturated heterocycles. The number of rotatable bonds is 4. The van der Waals surface area contributed by atoms with Crippen LogP contribution < -0.4 is 10.9 Å². The van der Waals surface area contributed by atoms with E-state index in [-0.39, 0.29) is 5.91 Å². The van der Waals surface area contributed by atoms with Gasteiger partial charge in [0.1, 0.15) is 0 Å². The second-order valence-corrected chi connectivity index (χ2v) is 3.74. The van der Waals surface area contributed by atoms with Crippen LogP contribution >= 0.6 is 12.2 Å². The van der Waals surface area contributed by atoms with Gasteiger partial charge in [0, 0.05) is 6.42 Å². The molecule has 84 valence electrons. The molecule has 3 nitrogen and oxygen atoms in total. The number of carbonyl (C=O) groups is 1. The van der Waals surface area contributed by atoms with Gasteiger partial charge in [-0.05, 0) is 5.56 Å². The van der Waals surface area contributed by atoms with Crippen LogP contribution in [-0.4, -0.2) is 10.9 Å². The average molecular weight is 234 g/mol. The molecule has 0 saturated carbocycles. The fraction of sp³-hybridized carbons (Fsp3) is 0.167. The number of thiocarbonyl (C=S) groups is 1. The standard InChI is InChI=1S/C12H14N2OS/c1-2-6-12(16)14-13-11(15)9-10-7-4-3-5-8-10/h2-5,7-8H,1,6,9H2,(H,13,15)(H,14,16). The van der Waals surface area contributed by atoms with Gasteiger partial charge in [-0.2, -0.15) is 0 Å². The Bertz CT molecular complexity index is 376. The Morgan fingerprint density at radius 1 is 1.31 bits per heavy atom. The summed E-state index contributed by atoms with van der Waals surface area (Å²) in [4.78, 5) is 12.0. The maximum Gasteiger partial charge on any atom is 0.242 e. The predicted octanol–water partition coefficient (Wildman–Crippen LogP) is 1.75. The number of carbonyl (C=O) groups excluding carboxylic acids is 1. The normalized spacial score (nSPS) is 9.25. The van der Waals surface area contributed by atoms with Crippen LogP contribution in [0.5, 0.6) is 0 Å². The highest BCUT2D eigenvalue weighted by atomic mass is 32.1. The van der Waals surface area contributed by atoms with Crippen LogP contribution in [0, 0.1) is 0 Å². The van der Waals surface area contributed by atoms with Crippen LogP contribution in [0.4, 0.5) is 0 Å². The lowest BCUT2D eigenvalue weighted by Crippen LogP contribution is -2.41. The molecule has 1 amide bonds. The van der Waals surface area contributed by atoms with E-state index in [9.17, 15) is 4.79 Å². The van der Waals surface area contributed by atoms with Crippen molar-refractivity contribution in [3.63, 3.8) is 0 Å². The minimum absolute atomic E-state index is 0.113. The van der Waals surface area contributed by atoms with Crippen molar-refractivity contribution < 1.29 is 4.79 Å². The minimum Gasteiger partial charge on any atom is -0.292 e. The van der Waals surface area contributed by atoms with Gasteiger partial charge in [0.2, 0.25) is 5.91 Å². The van der Waals surface area contributed by atoms with Gasteiger partial charge in [0.05, 0.1) is 11.4 Å². The molecule has 0 aliphatic carbocycles. The summed E-state index contributed by atoms with van der Waals surface area (Å²) in [5.41, 5.74) is 6.17. The third kappa shape index (κ3) is 4.70. The molecule has 0 aromatic heterocycles. The Hall–Kier alpha value is -1.68. The molecule has 4 heteroatoms. The van der Waals surface area contributed by atoms with Gasteiger partial charge >= 0.3 is 0 Å². The maximum absolute atomic E-state index is 11.5. The molecule has 0 atom stereocenters. The van der Waals surface area contributed by atoms with Gasteiger partial charge in [0.15, 0.2) is 0 Å². The van der Waals surface area contributed by atoms with Gasteiger partial charge in [-0.15, -0.1) is 6.58 Å². The van der Waals surface area contributed by atoms with Gasteiger partial charge in [0.25, 0.3) is 0 Å². The van der Waals surface area contributed by atoms with E-state index in [1.54, 1.807) is 6.08 Å². The van der Waals surface area contributed by atoms with E-state index < -0.39 is 0 Å². The Morgan fingerprint density at radius 3 is 2.62 bits per heavy atom. The summed E-state index contributed by atoms with van der Waals surface area (Å²) in [6.07, 6.45) is 2.57. The van der Waals surface area contributed by atoms with E-state index in [0.29, 0.717) is 17.8 Å². The third-order valence-electron chi connectivity index (χ3n) is 1.88. The molecule has 1 aromatic rings. The first-order valence-corrected chi connectivity index (χ1v) is 5.35. The van der Waals surface area contributed by atoms with E-state index in [1.165, 1.54) is 0 Å². The van der Waals surface area contributed by atoms with Crippen molar-refractivity contribution in [3.05, 3.63) is 48.6 Å². The van der Waals surface area contributed by atoms with Crippen molar-refractivity contribution in [2.75, 3.05) is 0 Å². The lowest BCUT2D eigenvalue weighted by atomic mass is 10.1. The zero-order valence-electron chi connectivity index (χ0n) is 8.90. The molecule has 0 fully saturated rings. The highest BCUT2D eigenvalue weighted by molar-refractivity contribution is 7.80. The largest absolute Gasteiger partial charge is 0.292 e. The molecule has 0 heterocycles. The van der Waals surface area contributed by atoms with Crippen LogP contribution in [0.3, 0.4) is 0 Å². The van der Waals surface area contributed by atoms with Crippen molar-refractivity contribution in [1.29, 1.82) is 0 Å². The summed E-state index contributed by atoms with van der Waals surface area (Å²) in [6.45, 7) is 3.56. The first-order chi connectivity index (χ1) is 7.72. The molecule has 0 spiro atoms. The van der Waals surface area contributed by atoms with Crippen LogP contribution in [-0.2, 0) is 11.2 Å². The SMILES string of the molecule is C=CCC(=S)NNC(=O)Cc1ccccc1. The van der Waals surface area contributed by atoms with E-state index in [0.717, 1.165) is 5.56 Å². The smallest absolute Gasteiger partial charge is 0.242 e. The summed E-state index contributed by atoms with van der Waals surface area (Å²) < 4.78 is 0. The van der Waals surface area contributed by atoms with Crippen molar-refractivity contribution in [2.24, 2.45) is 0 Å². The fourth-order valence-electron chi connectivity index (χ4n) is 1.15. The monoisotopic (exact) mass is 234 g/mol. The average Bonchev–Trinajstić information content (AvgIpc) is 2.28. The molecule has 0 radical (unpaired) electrons. The van der Waals surface area contributed by atoms with Crippen molar-refractivity contribution in [1.82, 2.24) is 10.9 Å². The fourth-order valence-corrected chi connectivity index (χ4v) is 1.32. The second-order valence-electron chi connectivity index (χ2n) is 3.25. The van der Waals surface area contributed by atoms with Crippen molar-refractivity contribution >= 4 is 23.1 Å². The molecule has 16 heavy (non-hydrogen) atoms. The van der Waals surface area contributed by atoms with Crippen LogP contribution in [0.25, 0.3) is 0 Å². The van der Waals surface area contributed by atoms with E-state index in [1.807, 2.05) is 30.3 Å². The molecule has 0 aliphatic rings. The zero-order chi connectivity index (χ0) is 11.8. The molecule has 1 aromatic carbocycles. The number of hydrogen-bond donors (Lipinski definition) is 2. The van der Waals surface area contributed by atoms with E-state index in [4.69, 9.17) is 12.2 Å². The molecule has 0 aliphatic heterocycles. The molecular formula is C12H14N2OS. The predicted molar refractivity (Wildman–Crippen MR) is 68.8 cm³/mol. The topological polar surface area (TPSA) is 41.1 Å². The van der Waals surface area contributed by atoms with E-state index in [2.05, 4.69) is 17.4 Å². The molecule has 2 N–H and O–H groups in total. The Labute approximate surface area is 101 Å². The number of nitrogens with one attached hydrogen (secondary N) is 2. The van der Waals surface area contributed by atoms with Crippen LogP contribution in [0.15, 0.2) is 43.0 Å². The second kappa shape index (κ2) is 6.74. The molecular weight excluding hydrogens is 220 g/mol. The third-order valence-corrected chi connectivity index (χ3v) is 2.15. The zero-order valence-corrected chi connectivity index (χ0v) is 9.72. The van der Waals surface area contributed by atoms with Gasteiger partial charge in [-0.3, -0.25) is 15.6 Å². The lowest BCUT2D eigenvalue weighted by Gasteiger charge is -2.07.